The Morgan fingerprint density at radius 1 is 1.00 bits per heavy atom. The van der Waals surface area contributed by atoms with E-state index in [2.05, 4.69) is 77.2 Å². The average molecular weight is 271 g/mol. The minimum Gasteiger partial charge on any atom is -0.236 e. The van der Waals surface area contributed by atoms with Crippen molar-refractivity contribution in [3.05, 3.63) is 70.9 Å². The molecule has 1 aromatic carbocycles. The van der Waals surface area contributed by atoms with Crippen LogP contribution in [0.3, 0.4) is 0 Å². The van der Waals surface area contributed by atoms with Crippen LogP contribution in [0.1, 0.15) is 16.8 Å². The molecular formula is C19H15N2+. The van der Waals surface area contributed by atoms with Gasteiger partial charge in [-0.3, -0.25) is 0 Å². The summed E-state index contributed by atoms with van der Waals surface area (Å²) < 4.78 is 4.48. The lowest BCUT2D eigenvalue weighted by molar-refractivity contribution is -0.647. The van der Waals surface area contributed by atoms with Crippen LogP contribution in [0, 0.1) is 6.92 Å². The molecule has 1 aliphatic rings. The molecule has 0 saturated heterocycles. The molecule has 2 heterocycles. The Morgan fingerprint density at radius 3 is 2.67 bits per heavy atom. The Hall–Kier alpha value is -2.79. The first-order chi connectivity index (χ1) is 10.3. The average Bonchev–Trinajstić information content (AvgIpc) is 2.84. The van der Waals surface area contributed by atoms with Crippen LogP contribution in [0.4, 0.5) is 0 Å². The van der Waals surface area contributed by atoms with Crippen molar-refractivity contribution in [3.8, 4) is 5.69 Å². The van der Waals surface area contributed by atoms with Crippen molar-refractivity contribution in [3.63, 3.8) is 0 Å². The zero-order valence-corrected chi connectivity index (χ0v) is 12.1. The number of hydrogen-bond donors (Lipinski definition) is 0. The Bertz CT molecular complexity index is 976. The fourth-order valence-electron chi connectivity index (χ4n) is 3.04. The third-order valence-electron chi connectivity index (χ3n) is 4.03. The molecule has 4 rings (SSSR count). The van der Waals surface area contributed by atoms with E-state index in [9.17, 15) is 0 Å². The van der Waals surface area contributed by atoms with Gasteiger partial charge in [0.2, 0.25) is 0 Å². The second kappa shape index (κ2) is 4.36. The first-order valence-electron chi connectivity index (χ1n) is 7.04. The number of aryl methyl sites for hydroxylation is 2. The van der Waals surface area contributed by atoms with Gasteiger partial charge >= 0.3 is 0 Å². The van der Waals surface area contributed by atoms with Gasteiger partial charge in [0.05, 0.1) is 18.6 Å². The molecule has 0 unspecified atom stereocenters. The SMILES string of the molecule is Cc1ccccc1-n1c2c(c3ccc[n+](C)c31)C=C=C=C2. The Balaban J connectivity index is 2.23. The van der Waals surface area contributed by atoms with Gasteiger partial charge in [0.1, 0.15) is 11.4 Å². The highest BCUT2D eigenvalue weighted by molar-refractivity contribution is 5.92. The summed E-state index contributed by atoms with van der Waals surface area (Å²) in [7, 11) is 2.09. The van der Waals surface area contributed by atoms with E-state index in [1.807, 2.05) is 12.2 Å². The van der Waals surface area contributed by atoms with Crippen LogP contribution in [0.15, 0.2) is 54.1 Å². The van der Waals surface area contributed by atoms with E-state index in [4.69, 9.17) is 0 Å². The maximum atomic E-state index is 3.09. The highest BCUT2D eigenvalue weighted by atomic mass is 15.1. The molecule has 0 spiro atoms. The molecule has 2 nitrogen and oxygen atoms in total. The van der Waals surface area contributed by atoms with Gasteiger partial charge in [-0.05, 0) is 30.7 Å². The lowest BCUT2D eigenvalue weighted by Gasteiger charge is -2.06. The maximum absolute atomic E-state index is 3.09. The molecular weight excluding hydrogens is 256 g/mol. The van der Waals surface area contributed by atoms with E-state index in [1.54, 1.807) is 0 Å². The van der Waals surface area contributed by atoms with E-state index in [0.717, 1.165) is 0 Å². The summed E-state index contributed by atoms with van der Waals surface area (Å²) in [5, 5.41) is 1.24. The summed E-state index contributed by atoms with van der Waals surface area (Å²) in [5.41, 5.74) is 12.2. The first kappa shape index (κ1) is 12.0. The van der Waals surface area contributed by atoms with Gasteiger partial charge in [-0.2, -0.15) is 4.57 Å². The Labute approximate surface area is 123 Å². The lowest BCUT2D eigenvalue weighted by atomic mass is 10.1. The molecule has 0 bridgehead atoms. The number of fused-ring (bicyclic) bond motifs is 3. The summed E-state index contributed by atoms with van der Waals surface area (Å²) >= 11 is 0. The summed E-state index contributed by atoms with van der Waals surface area (Å²) in [6.45, 7) is 2.15. The van der Waals surface area contributed by atoms with Crippen LogP contribution >= 0.6 is 0 Å². The van der Waals surface area contributed by atoms with Crippen LogP contribution in [0.25, 0.3) is 28.9 Å². The van der Waals surface area contributed by atoms with E-state index in [-0.39, 0.29) is 0 Å². The summed E-state index contributed by atoms with van der Waals surface area (Å²) in [4.78, 5) is 0. The molecule has 0 fully saturated rings. The fraction of sp³-hybridized carbons (Fsp3) is 0.105. The van der Waals surface area contributed by atoms with Crippen LogP contribution in [0.5, 0.6) is 0 Å². The van der Waals surface area contributed by atoms with Crippen LogP contribution in [-0.4, -0.2) is 4.57 Å². The first-order valence-corrected chi connectivity index (χ1v) is 7.04. The predicted molar refractivity (Wildman–Crippen MR) is 85.1 cm³/mol. The second-order valence-electron chi connectivity index (χ2n) is 5.35. The van der Waals surface area contributed by atoms with E-state index >= 15 is 0 Å². The molecule has 0 saturated carbocycles. The van der Waals surface area contributed by atoms with Crippen molar-refractivity contribution in [2.24, 2.45) is 7.05 Å². The summed E-state index contributed by atoms with van der Waals surface area (Å²) in [6.07, 6.45) is 6.12. The normalized spacial score (nSPS) is 12.1. The molecule has 0 amide bonds. The van der Waals surface area contributed by atoms with Crippen molar-refractivity contribution in [1.29, 1.82) is 0 Å². The zero-order chi connectivity index (χ0) is 14.4. The largest absolute Gasteiger partial charge is 0.294 e. The van der Waals surface area contributed by atoms with Crippen molar-refractivity contribution >= 4 is 23.2 Å². The number of para-hydroxylation sites is 1. The molecule has 0 atom stereocenters. The molecule has 100 valence electrons. The van der Waals surface area contributed by atoms with E-state index in [0.29, 0.717) is 0 Å². The monoisotopic (exact) mass is 271 g/mol. The molecule has 3 aromatic rings. The van der Waals surface area contributed by atoms with Crippen LogP contribution in [0.2, 0.25) is 0 Å². The second-order valence-corrected chi connectivity index (χ2v) is 5.35. The molecule has 21 heavy (non-hydrogen) atoms. The van der Waals surface area contributed by atoms with E-state index < -0.39 is 0 Å². The predicted octanol–water partition coefficient (Wildman–Crippen LogP) is 3.56. The number of pyridine rings is 1. The zero-order valence-electron chi connectivity index (χ0n) is 12.1. The number of nitrogens with zero attached hydrogens (tertiary/aromatic N) is 2. The third kappa shape index (κ3) is 1.64. The van der Waals surface area contributed by atoms with Gasteiger partial charge in [0.15, 0.2) is 0 Å². The van der Waals surface area contributed by atoms with Gasteiger partial charge in [0, 0.05) is 17.7 Å². The minimum absolute atomic E-state index is 1.17. The number of aromatic nitrogens is 2. The summed E-state index contributed by atoms with van der Waals surface area (Å²) in [6, 6.07) is 12.7. The van der Waals surface area contributed by atoms with E-state index in [1.165, 1.54) is 33.5 Å². The van der Waals surface area contributed by atoms with Crippen LogP contribution in [-0.2, 0) is 7.05 Å². The van der Waals surface area contributed by atoms with Gasteiger partial charge in [-0.15, -0.1) is 0 Å². The van der Waals surface area contributed by atoms with Gasteiger partial charge in [-0.25, -0.2) is 4.57 Å². The van der Waals surface area contributed by atoms with Crippen molar-refractivity contribution in [2.45, 2.75) is 6.92 Å². The maximum Gasteiger partial charge on any atom is 0.294 e. The molecule has 2 heteroatoms. The van der Waals surface area contributed by atoms with Gasteiger partial charge < -0.3 is 0 Å². The molecule has 0 aliphatic heterocycles. The highest BCUT2D eigenvalue weighted by Gasteiger charge is 2.25. The summed E-state index contributed by atoms with van der Waals surface area (Å²) in [5.74, 6) is 0. The third-order valence-corrected chi connectivity index (χ3v) is 4.03. The highest BCUT2D eigenvalue weighted by Crippen LogP contribution is 2.31. The van der Waals surface area contributed by atoms with Crippen molar-refractivity contribution in [2.75, 3.05) is 0 Å². The quantitative estimate of drug-likeness (QED) is 0.370. The minimum atomic E-state index is 1.17. The Morgan fingerprint density at radius 2 is 1.81 bits per heavy atom. The van der Waals surface area contributed by atoms with Crippen molar-refractivity contribution < 1.29 is 4.57 Å². The topological polar surface area (TPSA) is 8.81 Å². The molecule has 0 radical (unpaired) electrons. The van der Waals surface area contributed by atoms with Crippen LogP contribution < -0.4 is 4.57 Å². The molecule has 2 aromatic heterocycles. The van der Waals surface area contributed by atoms with Crippen molar-refractivity contribution in [1.82, 2.24) is 4.57 Å². The number of hydrogen-bond acceptors (Lipinski definition) is 0. The number of benzene rings is 1. The lowest BCUT2D eigenvalue weighted by Crippen LogP contribution is -2.30. The fourth-order valence-corrected chi connectivity index (χ4v) is 3.04. The number of rotatable bonds is 1. The molecule has 0 N–H and O–H groups in total. The van der Waals surface area contributed by atoms with Gasteiger partial charge in [0.25, 0.3) is 5.65 Å². The smallest absolute Gasteiger partial charge is 0.236 e. The Kier molecular flexibility index (Phi) is 2.49. The standard InChI is InChI=1S/C19H15N2/c1-14-8-3-5-11-17(14)21-18-12-6-4-9-15(18)16-10-7-13-20(2)19(16)21/h3,5,7-13H,1-2H3/q+1. The molecule has 1 aliphatic carbocycles. The van der Waals surface area contributed by atoms with Gasteiger partial charge in [-0.1, -0.05) is 29.7 Å².